The van der Waals surface area contributed by atoms with Crippen LogP contribution < -0.4 is 11.5 Å². The van der Waals surface area contributed by atoms with Crippen LogP contribution in [0.5, 0.6) is 0 Å². The lowest BCUT2D eigenvalue weighted by atomic mass is 10.0. The van der Waals surface area contributed by atoms with E-state index in [2.05, 4.69) is 9.47 Å². The van der Waals surface area contributed by atoms with Crippen LogP contribution in [0.4, 0.5) is 11.4 Å². The summed E-state index contributed by atoms with van der Waals surface area (Å²) in [6.45, 7) is 3.70. The highest BCUT2D eigenvalue weighted by Crippen LogP contribution is 2.27. The van der Waals surface area contributed by atoms with Crippen LogP contribution in [0.25, 0.3) is 0 Å². The Morgan fingerprint density at radius 3 is 1.64 bits per heavy atom. The minimum absolute atomic E-state index is 0.335. The first-order valence-corrected chi connectivity index (χ1v) is 12.7. The average Bonchev–Trinajstić information content (AvgIpc) is 2.95. The summed E-state index contributed by atoms with van der Waals surface area (Å²) in [6, 6.07) is 5.54. The zero-order valence-electron chi connectivity index (χ0n) is 22.6. The van der Waals surface area contributed by atoms with Gasteiger partial charge in [-0.3, -0.25) is 25.0 Å². The number of rotatable bonds is 14. The molecule has 2 aromatic carbocycles. The molecule has 2 rings (SSSR count). The van der Waals surface area contributed by atoms with Crippen LogP contribution in [0.1, 0.15) is 83.5 Å². The summed E-state index contributed by atoms with van der Waals surface area (Å²) in [7, 11) is 0. The number of nitro groups is 2. The van der Waals surface area contributed by atoms with E-state index in [9.17, 15) is 49.6 Å². The highest BCUT2D eigenvalue weighted by atomic mass is 16.7. The van der Waals surface area contributed by atoms with Crippen LogP contribution in [0, 0.1) is 20.2 Å². The predicted molar refractivity (Wildman–Crippen MR) is 143 cm³/mol. The maximum absolute atomic E-state index is 12.5. The van der Waals surface area contributed by atoms with E-state index in [1.54, 1.807) is 0 Å². The number of Topliss-reactive ketones (excluding diaryl/α,β-unsaturated/α-hetero) is 1. The lowest BCUT2D eigenvalue weighted by Gasteiger charge is -2.17. The number of hydrogen-bond donors (Lipinski definition) is 4. The highest BCUT2D eigenvalue weighted by molar-refractivity contribution is 6.37. The van der Waals surface area contributed by atoms with Crippen molar-refractivity contribution >= 4 is 35.1 Å². The second kappa shape index (κ2) is 14.8. The van der Waals surface area contributed by atoms with Gasteiger partial charge in [0.25, 0.3) is 17.2 Å². The molecule has 0 aliphatic heterocycles. The van der Waals surface area contributed by atoms with Gasteiger partial charge in [-0.1, -0.05) is 38.8 Å². The molecule has 0 radical (unpaired) electrons. The number of aliphatic hydroxyl groups excluding tert-OH is 2. The molecule has 0 aliphatic carbocycles. The van der Waals surface area contributed by atoms with E-state index in [-0.39, 0.29) is 0 Å². The van der Waals surface area contributed by atoms with Gasteiger partial charge in [-0.05, 0) is 36.1 Å². The fourth-order valence-electron chi connectivity index (χ4n) is 3.84. The molecule has 0 saturated carbocycles. The lowest BCUT2D eigenvalue weighted by molar-refractivity contribution is -0.385. The zero-order chi connectivity index (χ0) is 31.7. The van der Waals surface area contributed by atoms with Crippen LogP contribution in [0.3, 0.4) is 0 Å². The van der Waals surface area contributed by atoms with Gasteiger partial charge in [0.2, 0.25) is 6.29 Å². The number of hydrogen-bond acceptors (Lipinski definition) is 14. The molecule has 4 unspecified atom stereocenters. The quantitative estimate of drug-likeness (QED) is 0.0611. The maximum atomic E-state index is 12.5. The van der Waals surface area contributed by atoms with Crippen LogP contribution in [-0.4, -0.2) is 56.1 Å². The minimum Gasteiger partial charge on any atom is -0.429 e. The molecule has 0 fully saturated rings. The first-order valence-electron chi connectivity index (χ1n) is 12.7. The third-order valence-electron chi connectivity index (χ3n) is 6.09. The number of nitrogens with zero attached hydrogens (tertiary/aromatic N) is 2. The van der Waals surface area contributed by atoms with Gasteiger partial charge in [-0.25, -0.2) is 14.4 Å². The van der Waals surface area contributed by atoms with Crippen molar-refractivity contribution in [3.8, 4) is 0 Å². The number of benzene rings is 2. The Kier molecular flexibility index (Phi) is 11.9. The largest absolute Gasteiger partial charge is 0.429 e. The summed E-state index contributed by atoms with van der Waals surface area (Å²) < 4.78 is 8.85. The van der Waals surface area contributed by atoms with Crippen molar-refractivity contribution in [3.63, 3.8) is 0 Å². The highest BCUT2D eigenvalue weighted by Gasteiger charge is 2.37. The Balaban J connectivity index is 2.15. The molecule has 2 aromatic rings. The third kappa shape index (κ3) is 8.20. The number of esters is 3. The first kappa shape index (κ1) is 33.6. The summed E-state index contributed by atoms with van der Waals surface area (Å²) in [5, 5.41) is 43.0. The number of nitrogens with two attached hydrogens (primary N) is 2. The Morgan fingerprint density at radius 1 is 0.810 bits per heavy atom. The lowest BCUT2D eigenvalue weighted by Crippen LogP contribution is -2.42. The molecular formula is C26H30N4O12. The van der Waals surface area contributed by atoms with Crippen LogP contribution in [0.15, 0.2) is 36.4 Å². The number of nitro benzene ring substituents is 2. The van der Waals surface area contributed by atoms with Gasteiger partial charge in [0.1, 0.15) is 11.1 Å². The van der Waals surface area contributed by atoms with Gasteiger partial charge in [0.15, 0.2) is 6.10 Å². The van der Waals surface area contributed by atoms with Crippen molar-refractivity contribution in [2.45, 2.75) is 64.0 Å². The van der Waals surface area contributed by atoms with Gasteiger partial charge >= 0.3 is 17.9 Å². The molecule has 0 saturated heterocycles. The van der Waals surface area contributed by atoms with Gasteiger partial charge < -0.3 is 31.2 Å². The minimum atomic E-state index is -2.78. The SMILES string of the molecule is CCCC(N)c1ccc(C(=O)OC(=O)C(=O)C(O)C(O)OC(=O)c2ccc(C(N)CCC)cc2[N+](=O)[O-])c([N+](=O)[O-])c1. The number of ether oxygens (including phenoxy) is 2. The number of carbonyl (C=O) groups is 4. The second-order valence-corrected chi connectivity index (χ2v) is 9.14. The standard InChI is InChI=1S/C26H30N4O12/c1-3-5-17(27)13-7-9-15(19(11-13)29(37)38)23(33)41-25(35)21(31)22(32)26(36)42-24(34)16-10-8-14(18(28)6-4-2)12-20(16)30(39)40/h7-12,17-18,21,25,31,35H,3-6,27-28H2,1-2H3. The summed E-state index contributed by atoms with van der Waals surface area (Å²) in [5.41, 5.74) is 9.73. The molecule has 0 bridgehead atoms. The summed E-state index contributed by atoms with van der Waals surface area (Å²) in [5.74, 6) is -7.14. The Bertz CT molecular complexity index is 1380. The number of carbonyl (C=O) groups excluding carboxylic acids is 4. The van der Waals surface area contributed by atoms with E-state index >= 15 is 0 Å². The number of ketones is 1. The van der Waals surface area contributed by atoms with Crippen molar-refractivity contribution in [3.05, 3.63) is 78.9 Å². The number of aliphatic hydroxyl groups is 2. The van der Waals surface area contributed by atoms with Gasteiger partial charge in [0, 0.05) is 24.2 Å². The van der Waals surface area contributed by atoms with E-state index in [1.165, 1.54) is 12.1 Å². The molecule has 0 aromatic heterocycles. The molecule has 0 heterocycles. The predicted octanol–water partition coefficient (Wildman–Crippen LogP) is 1.89. The molecule has 0 aliphatic rings. The molecule has 0 amide bonds. The van der Waals surface area contributed by atoms with E-state index in [0.29, 0.717) is 36.8 Å². The van der Waals surface area contributed by atoms with Crippen molar-refractivity contribution in [2.24, 2.45) is 11.5 Å². The molecule has 42 heavy (non-hydrogen) atoms. The van der Waals surface area contributed by atoms with Crippen molar-refractivity contribution in [2.75, 3.05) is 0 Å². The molecule has 16 nitrogen and oxygen atoms in total. The van der Waals surface area contributed by atoms with Gasteiger partial charge in [-0.2, -0.15) is 0 Å². The molecule has 4 atom stereocenters. The Morgan fingerprint density at radius 2 is 1.24 bits per heavy atom. The van der Waals surface area contributed by atoms with E-state index in [1.807, 2.05) is 13.8 Å². The van der Waals surface area contributed by atoms with E-state index in [0.717, 1.165) is 24.3 Å². The molecule has 0 spiro atoms. The van der Waals surface area contributed by atoms with Crippen molar-refractivity contribution in [1.82, 2.24) is 0 Å². The fraction of sp³-hybridized carbons (Fsp3) is 0.385. The Labute approximate surface area is 238 Å². The fourth-order valence-corrected chi connectivity index (χ4v) is 3.84. The van der Waals surface area contributed by atoms with Crippen molar-refractivity contribution in [1.29, 1.82) is 0 Å². The molecule has 226 valence electrons. The normalized spacial score (nSPS) is 13.8. The van der Waals surface area contributed by atoms with Gasteiger partial charge in [0.05, 0.1) is 9.85 Å². The van der Waals surface area contributed by atoms with Crippen molar-refractivity contribution < 1.29 is 48.7 Å². The summed E-state index contributed by atoms with van der Waals surface area (Å²) in [6.07, 6.45) is -3.15. The first-order chi connectivity index (χ1) is 19.7. The van der Waals surface area contributed by atoms with Crippen LogP contribution in [-0.2, 0) is 19.1 Å². The van der Waals surface area contributed by atoms with E-state index in [4.69, 9.17) is 11.5 Å². The second-order valence-electron chi connectivity index (χ2n) is 9.14. The summed E-state index contributed by atoms with van der Waals surface area (Å²) >= 11 is 0. The molecule has 16 heteroatoms. The van der Waals surface area contributed by atoms with E-state index < -0.39 is 80.5 Å². The third-order valence-corrected chi connectivity index (χ3v) is 6.09. The van der Waals surface area contributed by atoms with Crippen LogP contribution >= 0.6 is 0 Å². The Hall–Kier alpha value is -4.64. The average molecular weight is 591 g/mol. The smallest absolute Gasteiger partial charge is 0.385 e. The van der Waals surface area contributed by atoms with Crippen LogP contribution in [0.2, 0.25) is 0 Å². The topological polar surface area (TPSA) is 266 Å². The maximum Gasteiger partial charge on any atom is 0.385 e. The monoisotopic (exact) mass is 590 g/mol. The molecule has 6 N–H and O–H groups in total. The zero-order valence-corrected chi connectivity index (χ0v) is 22.6. The van der Waals surface area contributed by atoms with Gasteiger partial charge in [-0.15, -0.1) is 0 Å². The summed E-state index contributed by atoms with van der Waals surface area (Å²) in [4.78, 5) is 70.5. The molecular weight excluding hydrogens is 560 g/mol.